The minimum Gasteiger partial charge on any atom is -0.371 e. The second-order valence-corrected chi connectivity index (χ2v) is 5.61. The Morgan fingerprint density at radius 1 is 1.28 bits per heavy atom. The molecule has 1 heterocycles. The van der Waals surface area contributed by atoms with Crippen molar-refractivity contribution in [3.8, 4) is 0 Å². The molecule has 0 aromatic carbocycles. The van der Waals surface area contributed by atoms with Gasteiger partial charge in [0.1, 0.15) is 0 Å². The molecule has 1 aliphatic rings. The maximum Gasteiger partial charge on any atom is 0.0509 e. The predicted molar refractivity (Wildman–Crippen MR) is 78.4 cm³/mol. The van der Waals surface area contributed by atoms with Crippen LogP contribution in [0.1, 0.15) is 49.8 Å². The van der Waals surface area contributed by atoms with Crippen LogP contribution < -0.4 is 4.90 Å². The largest absolute Gasteiger partial charge is 0.371 e. The van der Waals surface area contributed by atoms with Gasteiger partial charge in [-0.2, -0.15) is 0 Å². The quantitative estimate of drug-likeness (QED) is 0.599. The zero-order chi connectivity index (χ0) is 13.0. The third-order valence-corrected chi connectivity index (χ3v) is 4.28. The fourth-order valence-electron chi connectivity index (χ4n) is 2.85. The highest BCUT2D eigenvalue weighted by Gasteiger charge is 2.19. The maximum atomic E-state index is 6.03. The molecule has 1 saturated carbocycles. The van der Waals surface area contributed by atoms with Crippen molar-refractivity contribution >= 4 is 17.3 Å². The van der Waals surface area contributed by atoms with Gasteiger partial charge in [-0.1, -0.05) is 25.7 Å². The van der Waals surface area contributed by atoms with E-state index in [4.69, 9.17) is 11.6 Å². The number of alkyl halides is 1. The van der Waals surface area contributed by atoms with Crippen LogP contribution in [0.4, 0.5) is 5.69 Å². The topological polar surface area (TPSA) is 16.1 Å². The summed E-state index contributed by atoms with van der Waals surface area (Å²) < 4.78 is 0. The number of nitrogens with zero attached hydrogens (tertiary/aromatic N) is 2. The lowest BCUT2D eigenvalue weighted by atomic mass is 10.1. The second kappa shape index (κ2) is 6.42. The normalized spacial score (nSPS) is 17.5. The van der Waals surface area contributed by atoms with Gasteiger partial charge in [0.05, 0.1) is 5.88 Å². The molecule has 0 atom stereocenters. The summed E-state index contributed by atoms with van der Waals surface area (Å²) in [6.07, 6.45) is 10.0. The van der Waals surface area contributed by atoms with Crippen LogP contribution in [0.25, 0.3) is 0 Å². The summed E-state index contributed by atoms with van der Waals surface area (Å²) in [4.78, 5) is 6.77. The standard InChI is InChI=1S/C15H23ClN2/c1-12-9-15(13(10-16)11-17-12)18(2)14-7-5-3-4-6-8-14/h9,11,14H,3-8,10H2,1-2H3. The molecule has 100 valence electrons. The van der Waals surface area contributed by atoms with Crippen molar-refractivity contribution < 1.29 is 0 Å². The lowest BCUT2D eigenvalue weighted by Gasteiger charge is -2.31. The first-order valence-electron chi connectivity index (χ1n) is 6.96. The molecule has 0 spiro atoms. The lowest BCUT2D eigenvalue weighted by Crippen LogP contribution is -2.31. The summed E-state index contributed by atoms with van der Waals surface area (Å²) in [5, 5.41) is 0. The first kappa shape index (κ1) is 13.7. The molecule has 2 rings (SSSR count). The van der Waals surface area contributed by atoms with Crippen molar-refractivity contribution in [2.24, 2.45) is 0 Å². The van der Waals surface area contributed by atoms with Gasteiger partial charge in [0.2, 0.25) is 0 Å². The summed E-state index contributed by atoms with van der Waals surface area (Å²) in [5.41, 5.74) is 3.48. The number of hydrogen-bond acceptors (Lipinski definition) is 2. The molecule has 1 aromatic rings. The van der Waals surface area contributed by atoms with E-state index in [0.29, 0.717) is 11.9 Å². The Morgan fingerprint density at radius 2 is 1.94 bits per heavy atom. The average Bonchev–Trinajstić information content (AvgIpc) is 2.66. The van der Waals surface area contributed by atoms with Gasteiger partial charge in [0, 0.05) is 36.2 Å². The summed E-state index contributed by atoms with van der Waals surface area (Å²) in [7, 11) is 2.21. The highest BCUT2D eigenvalue weighted by Crippen LogP contribution is 2.28. The molecule has 0 bridgehead atoms. The Morgan fingerprint density at radius 3 is 2.56 bits per heavy atom. The van der Waals surface area contributed by atoms with E-state index in [1.807, 2.05) is 13.1 Å². The van der Waals surface area contributed by atoms with Crippen molar-refractivity contribution in [2.75, 3.05) is 11.9 Å². The van der Waals surface area contributed by atoms with Gasteiger partial charge in [-0.25, -0.2) is 0 Å². The van der Waals surface area contributed by atoms with Crippen LogP contribution in [0, 0.1) is 6.92 Å². The molecule has 1 aliphatic carbocycles. The molecule has 2 nitrogen and oxygen atoms in total. The Kier molecular flexibility index (Phi) is 4.87. The molecule has 0 saturated heterocycles. The summed E-state index contributed by atoms with van der Waals surface area (Å²) in [5.74, 6) is 0.541. The van der Waals surface area contributed by atoms with Gasteiger partial charge >= 0.3 is 0 Å². The van der Waals surface area contributed by atoms with Crippen molar-refractivity contribution in [3.05, 3.63) is 23.5 Å². The highest BCUT2D eigenvalue weighted by atomic mass is 35.5. The smallest absolute Gasteiger partial charge is 0.0509 e. The fraction of sp³-hybridized carbons (Fsp3) is 0.667. The first-order chi connectivity index (χ1) is 8.72. The van der Waals surface area contributed by atoms with Crippen LogP contribution in [0.3, 0.4) is 0 Å². The monoisotopic (exact) mass is 266 g/mol. The number of rotatable bonds is 3. The van der Waals surface area contributed by atoms with Crippen LogP contribution in [-0.2, 0) is 5.88 Å². The molecule has 0 aliphatic heterocycles. The summed E-state index contributed by atoms with van der Waals surface area (Å²) >= 11 is 6.03. The number of aromatic nitrogens is 1. The average molecular weight is 267 g/mol. The zero-order valence-electron chi connectivity index (χ0n) is 11.5. The van der Waals surface area contributed by atoms with Gasteiger partial charge in [0.25, 0.3) is 0 Å². The van der Waals surface area contributed by atoms with E-state index in [1.54, 1.807) is 0 Å². The van der Waals surface area contributed by atoms with Crippen molar-refractivity contribution in [1.82, 2.24) is 4.98 Å². The van der Waals surface area contributed by atoms with E-state index >= 15 is 0 Å². The summed E-state index contributed by atoms with van der Waals surface area (Å²) in [6, 6.07) is 2.83. The SMILES string of the molecule is Cc1cc(N(C)C2CCCCCC2)c(CCl)cn1. The van der Waals surface area contributed by atoms with E-state index in [-0.39, 0.29) is 0 Å². The van der Waals surface area contributed by atoms with Gasteiger partial charge < -0.3 is 4.90 Å². The third-order valence-electron chi connectivity index (χ3n) is 4.00. The second-order valence-electron chi connectivity index (χ2n) is 5.34. The molecule has 0 radical (unpaired) electrons. The minimum absolute atomic E-state index is 0.541. The number of pyridine rings is 1. The molecule has 3 heteroatoms. The van der Waals surface area contributed by atoms with E-state index in [9.17, 15) is 0 Å². The van der Waals surface area contributed by atoms with Gasteiger partial charge in [-0.05, 0) is 25.8 Å². The number of anilines is 1. The van der Waals surface area contributed by atoms with E-state index in [1.165, 1.54) is 44.2 Å². The molecule has 18 heavy (non-hydrogen) atoms. The highest BCUT2D eigenvalue weighted by molar-refractivity contribution is 6.17. The number of hydrogen-bond donors (Lipinski definition) is 0. The van der Waals surface area contributed by atoms with Gasteiger partial charge in [-0.3, -0.25) is 4.98 Å². The molecular formula is C15H23ClN2. The molecule has 1 fully saturated rings. The van der Waals surface area contributed by atoms with Crippen molar-refractivity contribution in [3.63, 3.8) is 0 Å². The van der Waals surface area contributed by atoms with Crippen LogP contribution in [0.15, 0.2) is 12.3 Å². The van der Waals surface area contributed by atoms with Crippen LogP contribution in [-0.4, -0.2) is 18.1 Å². The van der Waals surface area contributed by atoms with Crippen molar-refractivity contribution in [1.29, 1.82) is 0 Å². The third kappa shape index (κ3) is 3.17. The van der Waals surface area contributed by atoms with Crippen LogP contribution in [0.2, 0.25) is 0 Å². The van der Waals surface area contributed by atoms with Crippen LogP contribution in [0.5, 0.6) is 0 Å². The Labute approximate surface area is 115 Å². The van der Waals surface area contributed by atoms with Gasteiger partial charge in [-0.15, -0.1) is 11.6 Å². The minimum atomic E-state index is 0.541. The Balaban J connectivity index is 2.20. The Bertz CT molecular complexity index is 384. The van der Waals surface area contributed by atoms with E-state index in [0.717, 1.165) is 11.3 Å². The van der Waals surface area contributed by atoms with Crippen molar-refractivity contribution in [2.45, 2.75) is 57.4 Å². The molecular weight excluding hydrogens is 244 g/mol. The predicted octanol–water partition coefficient (Wildman–Crippen LogP) is 4.29. The molecule has 1 aromatic heterocycles. The van der Waals surface area contributed by atoms with E-state index < -0.39 is 0 Å². The maximum absolute atomic E-state index is 6.03. The van der Waals surface area contributed by atoms with E-state index in [2.05, 4.69) is 23.0 Å². The zero-order valence-corrected chi connectivity index (χ0v) is 12.2. The molecule has 0 amide bonds. The number of halogens is 1. The first-order valence-corrected chi connectivity index (χ1v) is 7.50. The fourth-order valence-corrected chi connectivity index (χ4v) is 3.05. The van der Waals surface area contributed by atoms with Gasteiger partial charge in [0.15, 0.2) is 0 Å². The Hall–Kier alpha value is -0.760. The lowest BCUT2D eigenvalue weighted by molar-refractivity contribution is 0.552. The van der Waals surface area contributed by atoms with Crippen LogP contribution >= 0.6 is 11.6 Å². The molecule has 0 unspecified atom stereocenters. The molecule has 0 N–H and O–H groups in total. The number of aryl methyl sites for hydroxylation is 1. The summed E-state index contributed by atoms with van der Waals surface area (Å²) in [6.45, 7) is 2.04.